The summed E-state index contributed by atoms with van der Waals surface area (Å²) in [6.07, 6.45) is -0.618. The lowest BCUT2D eigenvalue weighted by Crippen LogP contribution is -2.45. The molecule has 1 aliphatic rings. The van der Waals surface area contributed by atoms with Gasteiger partial charge in [-0.2, -0.15) is 0 Å². The molecular formula is C19H23ClN2O2. The third kappa shape index (κ3) is 4.71. The highest BCUT2D eigenvalue weighted by Gasteiger charge is 2.19. The molecule has 4 nitrogen and oxygen atoms in total. The molecule has 128 valence electrons. The van der Waals surface area contributed by atoms with Crippen molar-refractivity contribution in [2.45, 2.75) is 12.7 Å². The highest BCUT2D eigenvalue weighted by Crippen LogP contribution is 2.30. The minimum atomic E-state index is -0.618. The molecule has 1 fully saturated rings. The summed E-state index contributed by atoms with van der Waals surface area (Å²) >= 11 is 6.13. The zero-order valence-electron chi connectivity index (χ0n) is 13.6. The number of ether oxygens (including phenoxy) is 1. The van der Waals surface area contributed by atoms with E-state index >= 15 is 0 Å². The van der Waals surface area contributed by atoms with Gasteiger partial charge in [0, 0.05) is 43.3 Å². The average Bonchev–Trinajstić information content (AvgIpc) is 2.62. The Hall–Kier alpha value is -1.59. The number of hydrogen-bond acceptors (Lipinski definition) is 4. The van der Waals surface area contributed by atoms with Gasteiger partial charge in [0.25, 0.3) is 0 Å². The number of benzene rings is 2. The van der Waals surface area contributed by atoms with Crippen LogP contribution in [0.1, 0.15) is 17.2 Å². The zero-order valence-corrected chi connectivity index (χ0v) is 14.4. The maximum absolute atomic E-state index is 10.7. The molecule has 3 rings (SSSR count). The van der Waals surface area contributed by atoms with E-state index in [0.717, 1.165) is 37.3 Å². The Bertz CT molecular complexity index is 645. The fraction of sp³-hybridized carbons (Fsp3) is 0.368. The van der Waals surface area contributed by atoms with Crippen molar-refractivity contribution < 1.29 is 9.84 Å². The predicted octanol–water partition coefficient (Wildman–Crippen LogP) is 2.86. The number of hydrogen-bond donors (Lipinski definition) is 2. The largest absolute Gasteiger partial charge is 0.489 e. The molecule has 0 aromatic heterocycles. The van der Waals surface area contributed by atoms with Crippen LogP contribution in [0.3, 0.4) is 0 Å². The fourth-order valence-corrected chi connectivity index (χ4v) is 3.06. The molecule has 0 aliphatic carbocycles. The first-order valence-electron chi connectivity index (χ1n) is 8.29. The van der Waals surface area contributed by atoms with E-state index in [2.05, 4.69) is 10.2 Å². The van der Waals surface area contributed by atoms with Crippen molar-refractivity contribution in [3.63, 3.8) is 0 Å². The summed E-state index contributed by atoms with van der Waals surface area (Å²) in [7, 11) is 0. The molecule has 1 saturated heterocycles. The maximum Gasteiger partial charge on any atom is 0.125 e. The molecule has 1 aliphatic heterocycles. The summed E-state index contributed by atoms with van der Waals surface area (Å²) in [5, 5.41) is 14.6. The van der Waals surface area contributed by atoms with E-state index in [1.807, 2.05) is 36.4 Å². The van der Waals surface area contributed by atoms with E-state index < -0.39 is 6.10 Å². The van der Waals surface area contributed by atoms with Crippen LogP contribution < -0.4 is 10.1 Å². The number of rotatable bonds is 6. The average molecular weight is 347 g/mol. The molecule has 0 radical (unpaired) electrons. The minimum absolute atomic E-state index is 0.468. The van der Waals surface area contributed by atoms with Crippen molar-refractivity contribution in [1.29, 1.82) is 0 Å². The highest BCUT2D eigenvalue weighted by atomic mass is 35.5. The number of nitrogens with zero attached hydrogens (tertiary/aromatic N) is 1. The Labute approximate surface area is 148 Å². The van der Waals surface area contributed by atoms with Crippen LogP contribution in [0.2, 0.25) is 5.02 Å². The quantitative estimate of drug-likeness (QED) is 0.844. The van der Waals surface area contributed by atoms with E-state index in [1.165, 1.54) is 0 Å². The number of β-amino-alcohol motifs (C(OH)–C–C–N with tert-alkyl or cyclic N) is 1. The van der Waals surface area contributed by atoms with Gasteiger partial charge in [-0.25, -0.2) is 0 Å². The Morgan fingerprint density at radius 2 is 1.88 bits per heavy atom. The van der Waals surface area contributed by atoms with Gasteiger partial charge < -0.3 is 15.2 Å². The second kappa shape index (κ2) is 8.49. The van der Waals surface area contributed by atoms with Crippen molar-refractivity contribution in [3.05, 3.63) is 64.7 Å². The topological polar surface area (TPSA) is 44.7 Å². The molecule has 0 spiro atoms. The molecule has 5 heteroatoms. The number of nitrogens with one attached hydrogen (secondary N) is 1. The normalized spacial score (nSPS) is 16.8. The molecule has 0 bridgehead atoms. The first-order chi connectivity index (χ1) is 11.7. The summed E-state index contributed by atoms with van der Waals surface area (Å²) in [5.74, 6) is 0.686. The smallest absolute Gasteiger partial charge is 0.125 e. The number of aliphatic hydroxyl groups is 1. The van der Waals surface area contributed by atoms with Gasteiger partial charge in [0.2, 0.25) is 0 Å². The van der Waals surface area contributed by atoms with Gasteiger partial charge in [0.1, 0.15) is 12.4 Å². The van der Waals surface area contributed by atoms with E-state index in [9.17, 15) is 5.11 Å². The Morgan fingerprint density at radius 1 is 1.12 bits per heavy atom. The molecule has 0 saturated carbocycles. The monoisotopic (exact) mass is 346 g/mol. The van der Waals surface area contributed by atoms with Crippen molar-refractivity contribution in [3.8, 4) is 5.75 Å². The first kappa shape index (κ1) is 17.2. The molecule has 2 aromatic rings. The van der Waals surface area contributed by atoms with E-state index in [-0.39, 0.29) is 0 Å². The van der Waals surface area contributed by atoms with Crippen molar-refractivity contribution >= 4 is 11.6 Å². The summed E-state index contributed by atoms with van der Waals surface area (Å²) in [4.78, 5) is 2.25. The van der Waals surface area contributed by atoms with Crippen molar-refractivity contribution in [2.24, 2.45) is 0 Å². The predicted molar refractivity (Wildman–Crippen MR) is 96.5 cm³/mol. The lowest BCUT2D eigenvalue weighted by molar-refractivity contribution is 0.102. The van der Waals surface area contributed by atoms with Gasteiger partial charge in [-0.15, -0.1) is 0 Å². The van der Waals surface area contributed by atoms with E-state index in [0.29, 0.717) is 23.9 Å². The van der Waals surface area contributed by atoms with E-state index in [1.54, 1.807) is 12.1 Å². The summed E-state index contributed by atoms with van der Waals surface area (Å²) in [6.45, 7) is 4.86. The van der Waals surface area contributed by atoms with Crippen LogP contribution in [0, 0.1) is 0 Å². The van der Waals surface area contributed by atoms with Gasteiger partial charge in [-0.05, 0) is 23.8 Å². The lowest BCUT2D eigenvalue weighted by atomic mass is 10.1. The van der Waals surface area contributed by atoms with Crippen molar-refractivity contribution in [1.82, 2.24) is 10.2 Å². The Balaban J connectivity index is 1.69. The third-order valence-electron chi connectivity index (χ3n) is 4.21. The lowest BCUT2D eigenvalue weighted by Gasteiger charge is -2.29. The highest BCUT2D eigenvalue weighted by molar-refractivity contribution is 6.30. The molecule has 2 aromatic carbocycles. The molecule has 1 unspecified atom stereocenters. The third-order valence-corrected chi connectivity index (χ3v) is 4.44. The second-order valence-corrected chi connectivity index (χ2v) is 6.46. The minimum Gasteiger partial charge on any atom is -0.489 e. The van der Waals surface area contributed by atoms with Crippen LogP contribution in [-0.4, -0.2) is 42.7 Å². The Kier molecular flexibility index (Phi) is 6.10. The molecule has 1 heterocycles. The van der Waals surface area contributed by atoms with Gasteiger partial charge in [-0.3, -0.25) is 4.90 Å². The standard InChI is InChI=1S/C19H23ClN2O2/c20-16-6-7-19(24-14-15-4-2-1-3-5-15)17(12-16)18(23)13-22-10-8-21-9-11-22/h1-7,12,18,21,23H,8-11,13-14H2. The number of halogens is 1. The second-order valence-electron chi connectivity index (χ2n) is 6.02. The van der Waals surface area contributed by atoms with Gasteiger partial charge in [0.15, 0.2) is 0 Å². The van der Waals surface area contributed by atoms with Crippen LogP contribution in [0.15, 0.2) is 48.5 Å². The molecule has 2 N–H and O–H groups in total. The first-order valence-corrected chi connectivity index (χ1v) is 8.67. The van der Waals surface area contributed by atoms with Gasteiger partial charge in [0.05, 0.1) is 6.10 Å². The number of aliphatic hydroxyl groups excluding tert-OH is 1. The zero-order chi connectivity index (χ0) is 16.8. The van der Waals surface area contributed by atoms with Gasteiger partial charge >= 0.3 is 0 Å². The van der Waals surface area contributed by atoms with Crippen molar-refractivity contribution in [2.75, 3.05) is 32.7 Å². The maximum atomic E-state index is 10.7. The van der Waals surface area contributed by atoms with Crippen LogP contribution in [0.4, 0.5) is 0 Å². The van der Waals surface area contributed by atoms with Crippen LogP contribution in [0.25, 0.3) is 0 Å². The molecular weight excluding hydrogens is 324 g/mol. The van der Waals surface area contributed by atoms with Crippen LogP contribution >= 0.6 is 11.6 Å². The van der Waals surface area contributed by atoms with Crippen LogP contribution in [-0.2, 0) is 6.61 Å². The number of piperazine rings is 1. The van der Waals surface area contributed by atoms with Gasteiger partial charge in [-0.1, -0.05) is 41.9 Å². The SMILES string of the molecule is OC(CN1CCNCC1)c1cc(Cl)ccc1OCc1ccccc1. The fourth-order valence-electron chi connectivity index (χ4n) is 2.88. The summed E-state index contributed by atoms with van der Waals surface area (Å²) < 4.78 is 5.94. The molecule has 1 atom stereocenters. The Morgan fingerprint density at radius 3 is 2.62 bits per heavy atom. The summed E-state index contributed by atoms with van der Waals surface area (Å²) in [6, 6.07) is 15.4. The molecule has 24 heavy (non-hydrogen) atoms. The molecule has 0 amide bonds. The summed E-state index contributed by atoms with van der Waals surface area (Å²) in [5.41, 5.74) is 1.84. The van der Waals surface area contributed by atoms with E-state index in [4.69, 9.17) is 16.3 Å². The van der Waals surface area contributed by atoms with Crippen LogP contribution in [0.5, 0.6) is 5.75 Å².